The van der Waals surface area contributed by atoms with Crippen LogP contribution in [0, 0.1) is 0 Å². The Morgan fingerprint density at radius 2 is 2.13 bits per heavy atom. The lowest BCUT2D eigenvalue weighted by atomic mass is 10.2. The van der Waals surface area contributed by atoms with E-state index in [2.05, 4.69) is 22.5 Å². The van der Waals surface area contributed by atoms with E-state index in [0.29, 0.717) is 25.3 Å². The molecule has 1 atom stereocenters. The summed E-state index contributed by atoms with van der Waals surface area (Å²) in [5.41, 5.74) is 1.44. The number of hydrogen-bond donors (Lipinski definition) is 2. The van der Waals surface area contributed by atoms with Crippen molar-refractivity contribution < 1.29 is 14.3 Å². The minimum atomic E-state index is -0.157. The molecule has 0 spiro atoms. The number of aromatic nitrogens is 1. The summed E-state index contributed by atoms with van der Waals surface area (Å²) in [5, 5.41) is 8.73. The van der Waals surface area contributed by atoms with Gasteiger partial charge in [-0.1, -0.05) is 43.7 Å². The molecule has 2 heterocycles. The topological polar surface area (TPSA) is 83.6 Å². The second-order valence-corrected chi connectivity index (χ2v) is 8.58. The largest absolute Gasteiger partial charge is 0.376 e. The first-order valence-electron chi connectivity index (χ1n) is 11.1. The summed E-state index contributed by atoms with van der Waals surface area (Å²) in [5.74, 6) is -0.225. The molecule has 8 heteroatoms. The molecule has 0 radical (unpaired) electrons. The second kappa shape index (κ2) is 12.4. The number of carbonyl (C=O) groups excluding carboxylic acids is 2. The third-order valence-corrected chi connectivity index (χ3v) is 5.99. The molecule has 2 amide bonds. The fourth-order valence-corrected chi connectivity index (χ4v) is 4.11. The standard InChI is InChI=1S/C23H32N4O3S/c1-2-3-12-24-23-26-20(17-31-23)22(29)27(16-18-8-5-4-6-9-18)13-11-21(28)25-15-19-10-7-14-30-19/h4-6,8-9,17,19H,2-3,7,10-16H2,1H3,(H,24,26)(H,25,28). The van der Waals surface area contributed by atoms with Gasteiger partial charge in [0.05, 0.1) is 6.10 Å². The molecule has 1 fully saturated rings. The van der Waals surface area contributed by atoms with Crippen LogP contribution in [0.15, 0.2) is 35.7 Å². The first-order valence-corrected chi connectivity index (χ1v) is 11.9. The van der Waals surface area contributed by atoms with E-state index in [1.807, 2.05) is 30.3 Å². The molecule has 1 aromatic carbocycles. The van der Waals surface area contributed by atoms with Gasteiger partial charge in [0.25, 0.3) is 5.91 Å². The van der Waals surface area contributed by atoms with Crippen molar-refractivity contribution in [2.24, 2.45) is 0 Å². The zero-order valence-electron chi connectivity index (χ0n) is 18.1. The number of nitrogens with zero attached hydrogens (tertiary/aromatic N) is 2. The van der Waals surface area contributed by atoms with Crippen LogP contribution in [0.25, 0.3) is 0 Å². The number of hydrogen-bond acceptors (Lipinski definition) is 6. The molecule has 0 bridgehead atoms. The average Bonchev–Trinajstić information content (AvgIpc) is 3.48. The summed E-state index contributed by atoms with van der Waals surface area (Å²) in [7, 11) is 0. The minimum absolute atomic E-state index is 0.0680. The van der Waals surface area contributed by atoms with Gasteiger partial charge >= 0.3 is 0 Å². The van der Waals surface area contributed by atoms with Crippen LogP contribution in [-0.4, -0.2) is 54.0 Å². The third kappa shape index (κ3) is 7.63. The van der Waals surface area contributed by atoms with E-state index < -0.39 is 0 Å². The monoisotopic (exact) mass is 444 g/mol. The highest BCUT2D eigenvalue weighted by molar-refractivity contribution is 7.13. The number of thiazole rings is 1. The van der Waals surface area contributed by atoms with Gasteiger partial charge in [-0.25, -0.2) is 4.98 Å². The second-order valence-electron chi connectivity index (χ2n) is 7.72. The highest BCUT2D eigenvalue weighted by Gasteiger charge is 2.21. The van der Waals surface area contributed by atoms with E-state index in [1.165, 1.54) is 11.3 Å². The van der Waals surface area contributed by atoms with Gasteiger partial charge in [-0.2, -0.15) is 0 Å². The van der Waals surface area contributed by atoms with Crippen molar-refractivity contribution in [1.82, 2.24) is 15.2 Å². The smallest absolute Gasteiger partial charge is 0.273 e. The fourth-order valence-electron chi connectivity index (χ4n) is 3.40. The molecule has 7 nitrogen and oxygen atoms in total. The van der Waals surface area contributed by atoms with Crippen LogP contribution in [0.3, 0.4) is 0 Å². The molecule has 3 rings (SSSR count). The number of carbonyl (C=O) groups is 2. The molecule has 1 unspecified atom stereocenters. The van der Waals surface area contributed by atoms with Crippen LogP contribution in [-0.2, 0) is 16.1 Å². The Morgan fingerprint density at radius 3 is 2.87 bits per heavy atom. The summed E-state index contributed by atoms with van der Waals surface area (Å²) in [6, 6.07) is 9.81. The van der Waals surface area contributed by atoms with Crippen molar-refractivity contribution in [3.8, 4) is 0 Å². The van der Waals surface area contributed by atoms with Crippen molar-refractivity contribution in [2.75, 3.05) is 31.6 Å². The maximum absolute atomic E-state index is 13.2. The summed E-state index contributed by atoms with van der Waals surface area (Å²) in [4.78, 5) is 31.7. The Balaban J connectivity index is 1.58. The number of amides is 2. The Morgan fingerprint density at radius 1 is 1.29 bits per heavy atom. The normalized spacial score (nSPS) is 15.6. The molecule has 0 saturated carbocycles. The quantitative estimate of drug-likeness (QED) is 0.488. The summed E-state index contributed by atoms with van der Waals surface area (Å²) >= 11 is 1.44. The van der Waals surface area contributed by atoms with Crippen LogP contribution in [0.4, 0.5) is 5.13 Å². The highest BCUT2D eigenvalue weighted by atomic mass is 32.1. The molecule has 31 heavy (non-hydrogen) atoms. The van der Waals surface area contributed by atoms with Crippen molar-refractivity contribution >= 4 is 28.3 Å². The lowest BCUT2D eigenvalue weighted by molar-refractivity contribution is -0.121. The molecule has 1 saturated heterocycles. The van der Waals surface area contributed by atoms with Gasteiger partial charge < -0.3 is 20.3 Å². The number of benzene rings is 1. The zero-order valence-corrected chi connectivity index (χ0v) is 19.0. The van der Waals surface area contributed by atoms with E-state index in [1.54, 1.807) is 10.3 Å². The van der Waals surface area contributed by atoms with Crippen molar-refractivity contribution in [3.63, 3.8) is 0 Å². The number of nitrogens with one attached hydrogen (secondary N) is 2. The van der Waals surface area contributed by atoms with Gasteiger partial charge in [0.15, 0.2) is 5.13 Å². The minimum Gasteiger partial charge on any atom is -0.376 e. The van der Waals surface area contributed by atoms with Crippen LogP contribution in [0.1, 0.15) is 55.1 Å². The van der Waals surface area contributed by atoms with E-state index in [4.69, 9.17) is 4.74 Å². The predicted molar refractivity (Wildman–Crippen MR) is 123 cm³/mol. The van der Waals surface area contributed by atoms with Crippen LogP contribution >= 0.6 is 11.3 Å². The zero-order chi connectivity index (χ0) is 21.9. The van der Waals surface area contributed by atoms with Crippen molar-refractivity contribution in [2.45, 2.75) is 51.7 Å². The molecule has 1 aromatic heterocycles. The van der Waals surface area contributed by atoms with Crippen LogP contribution in [0.5, 0.6) is 0 Å². The van der Waals surface area contributed by atoms with Crippen LogP contribution in [0.2, 0.25) is 0 Å². The molecule has 2 aromatic rings. The van der Waals surface area contributed by atoms with Crippen molar-refractivity contribution in [1.29, 1.82) is 0 Å². The van der Waals surface area contributed by atoms with E-state index in [0.717, 1.165) is 49.5 Å². The number of ether oxygens (including phenoxy) is 1. The molecule has 2 N–H and O–H groups in total. The predicted octanol–water partition coefficient (Wildman–Crippen LogP) is 3.68. The Bertz CT molecular complexity index is 821. The van der Waals surface area contributed by atoms with Gasteiger partial charge in [0.1, 0.15) is 5.69 Å². The lowest BCUT2D eigenvalue weighted by Crippen LogP contribution is -2.37. The molecule has 0 aliphatic carbocycles. The summed E-state index contributed by atoms with van der Waals surface area (Å²) in [6.45, 7) is 5.05. The summed E-state index contributed by atoms with van der Waals surface area (Å²) < 4.78 is 5.55. The van der Waals surface area contributed by atoms with Gasteiger partial charge in [-0.3, -0.25) is 9.59 Å². The maximum Gasteiger partial charge on any atom is 0.273 e. The Labute approximate surface area is 188 Å². The summed E-state index contributed by atoms with van der Waals surface area (Å²) in [6.07, 6.45) is 4.55. The van der Waals surface area contributed by atoms with Gasteiger partial charge in [-0.15, -0.1) is 11.3 Å². The average molecular weight is 445 g/mol. The van der Waals surface area contributed by atoms with Gasteiger partial charge in [-0.05, 0) is 24.8 Å². The third-order valence-electron chi connectivity index (χ3n) is 5.19. The Hall–Kier alpha value is -2.45. The molecular formula is C23H32N4O3S. The highest BCUT2D eigenvalue weighted by Crippen LogP contribution is 2.18. The maximum atomic E-state index is 13.2. The Kier molecular flexibility index (Phi) is 9.30. The van der Waals surface area contributed by atoms with Crippen molar-refractivity contribution in [3.05, 3.63) is 47.0 Å². The lowest BCUT2D eigenvalue weighted by Gasteiger charge is -2.22. The molecule has 1 aliphatic heterocycles. The van der Waals surface area contributed by atoms with E-state index >= 15 is 0 Å². The van der Waals surface area contributed by atoms with E-state index in [9.17, 15) is 9.59 Å². The number of unbranched alkanes of at least 4 members (excludes halogenated alkanes) is 1. The van der Waals surface area contributed by atoms with Crippen LogP contribution < -0.4 is 10.6 Å². The fraction of sp³-hybridized carbons (Fsp3) is 0.522. The molecule has 168 valence electrons. The first kappa shape index (κ1) is 23.2. The SMILES string of the molecule is CCCCNc1nc(C(=O)N(CCC(=O)NCC2CCCO2)Cc2ccccc2)cs1. The van der Waals surface area contributed by atoms with Gasteiger partial charge in [0, 0.05) is 44.6 Å². The van der Waals surface area contributed by atoms with Gasteiger partial charge in [0.2, 0.25) is 5.91 Å². The first-order chi connectivity index (χ1) is 15.2. The molecule has 1 aliphatic rings. The number of rotatable bonds is 12. The molecular weight excluding hydrogens is 412 g/mol. The number of anilines is 1. The van der Waals surface area contributed by atoms with E-state index in [-0.39, 0.29) is 24.3 Å².